The van der Waals surface area contributed by atoms with Crippen LogP contribution in [0.5, 0.6) is 0 Å². The standard InChI is InChI=1S/C9H7BrIN/c1-6-4-8(10)5-7(2-3-12)9(6)11/h4-5H,2H2,1H3. The summed E-state index contributed by atoms with van der Waals surface area (Å²) in [6.45, 7) is 2.05. The molecule has 0 heterocycles. The molecule has 0 bridgehead atoms. The van der Waals surface area contributed by atoms with E-state index in [1.54, 1.807) is 0 Å². The highest BCUT2D eigenvalue weighted by atomic mass is 127. The Morgan fingerprint density at radius 1 is 1.58 bits per heavy atom. The second-order valence-corrected chi connectivity index (χ2v) is 4.53. The largest absolute Gasteiger partial charge is 0.198 e. The van der Waals surface area contributed by atoms with Gasteiger partial charge in [-0.1, -0.05) is 15.9 Å². The lowest BCUT2D eigenvalue weighted by Crippen LogP contribution is -1.90. The van der Waals surface area contributed by atoms with Gasteiger partial charge in [-0.2, -0.15) is 5.26 Å². The molecule has 0 saturated heterocycles. The molecular weight excluding hydrogens is 329 g/mol. The van der Waals surface area contributed by atoms with E-state index in [2.05, 4.69) is 50.7 Å². The normalized spacial score (nSPS) is 9.50. The van der Waals surface area contributed by atoms with E-state index in [-0.39, 0.29) is 0 Å². The number of benzene rings is 1. The summed E-state index contributed by atoms with van der Waals surface area (Å²) in [5, 5.41) is 8.56. The highest BCUT2D eigenvalue weighted by Crippen LogP contribution is 2.22. The molecule has 0 amide bonds. The Balaban J connectivity index is 3.20. The summed E-state index contributed by atoms with van der Waals surface area (Å²) in [5.41, 5.74) is 2.32. The summed E-state index contributed by atoms with van der Waals surface area (Å²) >= 11 is 5.68. The topological polar surface area (TPSA) is 23.8 Å². The molecule has 0 aromatic heterocycles. The van der Waals surface area contributed by atoms with Crippen molar-refractivity contribution in [2.75, 3.05) is 0 Å². The molecule has 0 aliphatic rings. The van der Waals surface area contributed by atoms with Gasteiger partial charge in [-0.3, -0.25) is 0 Å². The predicted molar refractivity (Wildman–Crippen MR) is 60.9 cm³/mol. The van der Waals surface area contributed by atoms with Gasteiger partial charge in [-0.05, 0) is 52.8 Å². The molecule has 1 aromatic carbocycles. The van der Waals surface area contributed by atoms with Gasteiger partial charge in [0.15, 0.2) is 0 Å². The van der Waals surface area contributed by atoms with Crippen LogP contribution in [0.4, 0.5) is 0 Å². The lowest BCUT2D eigenvalue weighted by molar-refractivity contribution is 1.21. The molecule has 0 fully saturated rings. The Bertz CT molecular complexity index is 341. The summed E-state index contributed by atoms with van der Waals surface area (Å²) in [6.07, 6.45) is 0.485. The molecule has 1 rings (SSSR count). The van der Waals surface area contributed by atoms with Crippen molar-refractivity contribution in [3.05, 3.63) is 31.3 Å². The van der Waals surface area contributed by atoms with E-state index in [1.807, 2.05) is 13.0 Å². The van der Waals surface area contributed by atoms with Gasteiger partial charge in [-0.15, -0.1) is 0 Å². The first-order valence-electron chi connectivity index (χ1n) is 3.46. The maximum absolute atomic E-state index is 8.56. The molecule has 3 heteroatoms. The average molecular weight is 336 g/mol. The zero-order chi connectivity index (χ0) is 9.14. The number of nitriles is 1. The first kappa shape index (κ1) is 10.0. The highest BCUT2D eigenvalue weighted by molar-refractivity contribution is 14.1. The zero-order valence-electron chi connectivity index (χ0n) is 6.56. The average Bonchev–Trinajstić information content (AvgIpc) is 2.00. The lowest BCUT2D eigenvalue weighted by Gasteiger charge is -2.04. The van der Waals surface area contributed by atoms with E-state index in [0.29, 0.717) is 6.42 Å². The number of nitrogens with zero attached hydrogens (tertiary/aromatic N) is 1. The van der Waals surface area contributed by atoms with E-state index < -0.39 is 0 Å². The zero-order valence-corrected chi connectivity index (χ0v) is 10.3. The van der Waals surface area contributed by atoms with Crippen molar-refractivity contribution in [1.82, 2.24) is 0 Å². The SMILES string of the molecule is Cc1cc(Br)cc(CC#N)c1I. The minimum atomic E-state index is 0.485. The third-order valence-corrected chi connectivity index (χ3v) is 3.57. The molecule has 0 aliphatic heterocycles. The molecular formula is C9H7BrIN. The summed E-state index contributed by atoms with van der Waals surface area (Å²) in [6, 6.07) is 6.21. The van der Waals surface area contributed by atoms with Crippen molar-refractivity contribution in [2.45, 2.75) is 13.3 Å². The van der Waals surface area contributed by atoms with Gasteiger partial charge >= 0.3 is 0 Å². The molecule has 1 aromatic rings. The Kier molecular flexibility index (Phi) is 3.53. The summed E-state index contributed by atoms with van der Waals surface area (Å²) in [5.74, 6) is 0. The van der Waals surface area contributed by atoms with Crippen molar-refractivity contribution in [3.63, 3.8) is 0 Å². The first-order valence-corrected chi connectivity index (χ1v) is 5.34. The van der Waals surface area contributed by atoms with E-state index in [9.17, 15) is 0 Å². The third kappa shape index (κ3) is 2.20. The van der Waals surface area contributed by atoms with E-state index in [0.717, 1.165) is 10.0 Å². The number of halogens is 2. The van der Waals surface area contributed by atoms with Crippen molar-refractivity contribution < 1.29 is 0 Å². The smallest absolute Gasteiger partial charge is 0.0670 e. The second-order valence-electron chi connectivity index (χ2n) is 2.53. The Hall–Kier alpha value is -0.0800. The molecule has 0 N–H and O–H groups in total. The third-order valence-electron chi connectivity index (χ3n) is 1.56. The van der Waals surface area contributed by atoms with Crippen LogP contribution in [-0.4, -0.2) is 0 Å². The quantitative estimate of drug-likeness (QED) is 0.721. The minimum Gasteiger partial charge on any atom is -0.198 e. The van der Waals surface area contributed by atoms with Crippen molar-refractivity contribution in [1.29, 1.82) is 5.26 Å². The van der Waals surface area contributed by atoms with Crippen LogP contribution in [0.15, 0.2) is 16.6 Å². The van der Waals surface area contributed by atoms with Gasteiger partial charge in [0.2, 0.25) is 0 Å². The van der Waals surface area contributed by atoms with Gasteiger partial charge < -0.3 is 0 Å². The molecule has 0 atom stereocenters. The number of rotatable bonds is 1. The van der Waals surface area contributed by atoms with Crippen LogP contribution in [0.3, 0.4) is 0 Å². The summed E-state index contributed by atoms with van der Waals surface area (Å²) in [7, 11) is 0. The monoisotopic (exact) mass is 335 g/mol. The number of aryl methyl sites for hydroxylation is 1. The van der Waals surface area contributed by atoms with Crippen LogP contribution in [0.25, 0.3) is 0 Å². The Labute approximate surface area is 94.0 Å². The number of hydrogen-bond donors (Lipinski definition) is 0. The van der Waals surface area contributed by atoms with Crippen LogP contribution >= 0.6 is 38.5 Å². The minimum absolute atomic E-state index is 0.485. The van der Waals surface area contributed by atoms with Crippen LogP contribution in [0.1, 0.15) is 11.1 Å². The molecule has 0 unspecified atom stereocenters. The second kappa shape index (κ2) is 4.24. The lowest BCUT2D eigenvalue weighted by atomic mass is 10.1. The van der Waals surface area contributed by atoms with Gasteiger partial charge in [0.05, 0.1) is 12.5 Å². The van der Waals surface area contributed by atoms with Crippen LogP contribution < -0.4 is 0 Å². The number of hydrogen-bond acceptors (Lipinski definition) is 1. The van der Waals surface area contributed by atoms with Crippen molar-refractivity contribution in [3.8, 4) is 6.07 Å². The van der Waals surface area contributed by atoms with Gasteiger partial charge in [0, 0.05) is 8.04 Å². The molecule has 0 aliphatic carbocycles. The summed E-state index contributed by atoms with van der Waals surface area (Å²) < 4.78 is 2.24. The molecule has 12 heavy (non-hydrogen) atoms. The molecule has 0 spiro atoms. The summed E-state index contributed by atoms with van der Waals surface area (Å²) in [4.78, 5) is 0. The van der Waals surface area contributed by atoms with Crippen LogP contribution in [0, 0.1) is 21.8 Å². The van der Waals surface area contributed by atoms with E-state index in [4.69, 9.17) is 5.26 Å². The molecule has 0 radical (unpaired) electrons. The van der Waals surface area contributed by atoms with Crippen LogP contribution in [0.2, 0.25) is 0 Å². The molecule has 0 saturated carbocycles. The fourth-order valence-corrected chi connectivity index (χ4v) is 2.13. The highest BCUT2D eigenvalue weighted by Gasteiger charge is 2.03. The van der Waals surface area contributed by atoms with E-state index >= 15 is 0 Å². The Morgan fingerprint density at radius 3 is 2.83 bits per heavy atom. The van der Waals surface area contributed by atoms with Gasteiger partial charge in [0.1, 0.15) is 0 Å². The van der Waals surface area contributed by atoms with Crippen molar-refractivity contribution in [2.24, 2.45) is 0 Å². The molecule has 1 nitrogen and oxygen atoms in total. The maximum Gasteiger partial charge on any atom is 0.0670 e. The maximum atomic E-state index is 8.56. The first-order chi connectivity index (χ1) is 5.65. The van der Waals surface area contributed by atoms with Crippen LogP contribution in [-0.2, 0) is 6.42 Å². The van der Waals surface area contributed by atoms with Gasteiger partial charge in [0.25, 0.3) is 0 Å². The molecule has 62 valence electrons. The Morgan fingerprint density at radius 2 is 2.25 bits per heavy atom. The fourth-order valence-electron chi connectivity index (χ4n) is 1.01. The fraction of sp³-hybridized carbons (Fsp3) is 0.222. The van der Waals surface area contributed by atoms with Gasteiger partial charge in [-0.25, -0.2) is 0 Å². The van der Waals surface area contributed by atoms with Crippen molar-refractivity contribution >= 4 is 38.5 Å². The predicted octanol–water partition coefficient (Wildman–Crippen LogP) is 3.43. The van der Waals surface area contributed by atoms with E-state index in [1.165, 1.54) is 9.13 Å².